The molecule has 0 radical (unpaired) electrons. The fourth-order valence-corrected chi connectivity index (χ4v) is 1.74. The van der Waals surface area contributed by atoms with Gasteiger partial charge in [-0.25, -0.2) is 4.79 Å². The van der Waals surface area contributed by atoms with Crippen molar-refractivity contribution < 1.29 is 9.53 Å². The first-order valence-electron chi connectivity index (χ1n) is 5.59. The normalized spacial score (nSPS) is 11.0. The lowest BCUT2D eigenvalue weighted by Gasteiger charge is -2.00. The van der Waals surface area contributed by atoms with Crippen LogP contribution < -0.4 is 0 Å². The largest absolute Gasteiger partial charge is 0.463 e. The van der Waals surface area contributed by atoms with E-state index in [4.69, 9.17) is 16.3 Å². The number of pyridine rings is 1. The molecule has 2 rings (SSSR count). The zero-order chi connectivity index (χ0) is 13.0. The lowest BCUT2D eigenvalue weighted by atomic mass is 10.1. The van der Waals surface area contributed by atoms with Crippen LogP contribution >= 0.6 is 11.6 Å². The topological polar surface area (TPSA) is 39.2 Å². The van der Waals surface area contributed by atoms with Gasteiger partial charge in [0.25, 0.3) is 0 Å². The zero-order valence-electron chi connectivity index (χ0n) is 9.89. The Hall–Kier alpha value is -1.87. The molecule has 0 saturated carbocycles. The molecule has 0 aliphatic carbocycles. The number of hydrogen-bond donors (Lipinski definition) is 0. The Kier molecular flexibility index (Phi) is 3.95. The van der Waals surface area contributed by atoms with E-state index in [9.17, 15) is 4.79 Å². The van der Waals surface area contributed by atoms with Crippen LogP contribution in [0.3, 0.4) is 0 Å². The number of rotatable bonds is 3. The fraction of sp³-hybridized carbons (Fsp3) is 0.143. The summed E-state index contributed by atoms with van der Waals surface area (Å²) in [6, 6.07) is 7.55. The highest BCUT2D eigenvalue weighted by molar-refractivity contribution is 6.31. The maximum Gasteiger partial charge on any atom is 0.330 e. The second-order valence-corrected chi connectivity index (χ2v) is 4.13. The van der Waals surface area contributed by atoms with Gasteiger partial charge in [-0.3, -0.25) is 4.98 Å². The lowest BCUT2D eigenvalue weighted by molar-refractivity contribution is -0.137. The number of nitrogens with zero attached hydrogens (tertiary/aromatic N) is 1. The van der Waals surface area contributed by atoms with Crippen LogP contribution in [0.1, 0.15) is 12.5 Å². The molecule has 4 heteroatoms. The van der Waals surface area contributed by atoms with Crippen molar-refractivity contribution in [2.45, 2.75) is 6.92 Å². The van der Waals surface area contributed by atoms with Crippen LogP contribution in [0.2, 0.25) is 5.02 Å². The molecule has 0 amide bonds. The van der Waals surface area contributed by atoms with Crippen LogP contribution in [0.5, 0.6) is 0 Å². The highest BCUT2D eigenvalue weighted by Gasteiger charge is 1.98. The van der Waals surface area contributed by atoms with Gasteiger partial charge in [-0.05, 0) is 30.7 Å². The molecule has 0 unspecified atom stereocenters. The van der Waals surface area contributed by atoms with Gasteiger partial charge in [0.2, 0.25) is 0 Å². The number of hydrogen-bond acceptors (Lipinski definition) is 3. The van der Waals surface area contributed by atoms with Crippen molar-refractivity contribution >= 4 is 34.5 Å². The molecule has 0 fully saturated rings. The Labute approximate surface area is 110 Å². The van der Waals surface area contributed by atoms with Crippen molar-refractivity contribution in [3.63, 3.8) is 0 Å². The maximum absolute atomic E-state index is 11.2. The molecule has 18 heavy (non-hydrogen) atoms. The van der Waals surface area contributed by atoms with E-state index in [1.807, 2.05) is 24.3 Å². The van der Waals surface area contributed by atoms with E-state index < -0.39 is 0 Å². The molecule has 1 heterocycles. The minimum atomic E-state index is -0.346. The number of carbonyl (C=O) groups excluding carboxylic acids is 1. The summed E-state index contributed by atoms with van der Waals surface area (Å²) in [7, 11) is 0. The SMILES string of the molecule is CCOC(=O)/C=C/c1ccc2cc(Cl)cnc2c1. The number of fused-ring (bicyclic) bond motifs is 1. The molecule has 0 bridgehead atoms. The molecular weight excluding hydrogens is 250 g/mol. The first-order valence-corrected chi connectivity index (χ1v) is 5.97. The number of ether oxygens (including phenoxy) is 1. The fourth-order valence-electron chi connectivity index (χ4n) is 1.57. The van der Waals surface area contributed by atoms with Crippen molar-refractivity contribution in [2.24, 2.45) is 0 Å². The summed E-state index contributed by atoms with van der Waals surface area (Å²) in [5.41, 5.74) is 1.73. The Morgan fingerprint density at radius 3 is 3.06 bits per heavy atom. The molecule has 0 aliphatic rings. The minimum Gasteiger partial charge on any atom is -0.463 e. The molecule has 1 aromatic heterocycles. The van der Waals surface area contributed by atoms with Crippen molar-refractivity contribution in [3.8, 4) is 0 Å². The van der Waals surface area contributed by atoms with Crippen LogP contribution in [0.15, 0.2) is 36.5 Å². The second kappa shape index (κ2) is 5.65. The van der Waals surface area contributed by atoms with Gasteiger partial charge in [0.15, 0.2) is 0 Å². The first-order chi connectivity index (χ1) is 8.69. The Morgan fingerprint density at radius 1 is 1.44 bits per heavy atom. The maximum atomic E-state index is 11.2. The van der Waals surface area contributed by atoms with Crippen molar-refractivity contribution in [1.29, 1.82) is 0 Å². The quantitative estimate of drug-likeness (QED) is 0.627. The Bertz CT molecular complexity index is 608. The summed E-state index contributed by atoms with van der Waals surface area (Å²) in [5.74, 6) is -0.346. The zero-order valence-corrected chi connectivity index (χ0v) is 10.6. The molecule has 92 valence electrons. The highest BCUT2D eigenvalue weighted by atomic mass is 35.5. The van der Waals surface area contributed by atoms with Gasteiger partial charge < -0.3 is 4.74 Å². The summed E-state index contributed by atoms with van der Waals surface area (Å²) < 4.78 is 4.81. The number of benzene rings is 1. The van der Waals surface area contributed by atoms with Crippen molar-refractivity contribution in [2.75, 3.05) is 6.61 Å². The number of esters is 1. The van der Waals surface area contributed by atoms with Crippen LogP contribution in [0.25, 0.3) is 17.0 Å². The van der Waals surface area contributed by atoms with Crippen LogP contribution in [-0.2, 0) is 9.53 Å². The van der Waals surface area contributed by atoms with E-state index >= 15 is 0 Å². The predicted molar refractivity (Wildman–Crippen MR) is 72.4 cm³/mol. The third-order valence-corrected chi connectivity index (χ3v) is 2.58. The molecule has 0 N–H and O–H groups in total. The Balaban J connectivity index is 2.25. The lowest BCUT2D eigenvalue weighted by Crippen LogP contribution is -1.98. The smallest absolute Gasteiger partial charge is 0.330 e. The van der Waals surface area contributed by atoms with E-state index in [0.29, 0.717) is 11.6 Å². The minimum absolute atomic E-state index is 0.346. The highest BCUT2D eigenvalue weighted by Crippen LogP contribution is 2.18. The van der Waals surface area contributed by atoms with E-state index in [1.165, 1.54) is 6.08 Å². The average molecular weight is 262 g/mol. The number of halogens is 1. The van der Waals surface area contributed by atoms with Crippen LogP contribution in [0, 0.1) is 0 Å². The van der Waals surface area contributed by atoms with Crippen LogP contribution in [-0.4, -0.2) is 17.6 Å². The molecule has 0 saturated heterocycles. The van der Waals surface area contributed by atoms with E-state index in [0.717, 1.165) is 16.5 Å². The Morgan fingerprint density at radius 2 is 2.28 bits per heavy atom. The first kappa shape index (κ1) is 12.6. The molecule has 3 nitrogen and oxygen atoms in total. The summed E-state index contributed by atoms with van der Waals surface area (Å²) in [4.78, 5) is 15.4. The monoisotopic (exact) mass is 261 g/mol. The predicted octanol–water partition coefficient (Wildman–Crippen LogP) is 3.46. The van der Waals surface area contributed by atoms with E-state index in [1.54, 1.807) is 19.2 Å². The summed E-state index contributed by atoms with van der Waals surface area (Å²) in [5, 5.41) is 1.58. The molecular formula is C14H12ClNO2. The van der Waals surface area contributed by atoms with Crippen LogP contribution in [0.4, 0.5) is 0 Å². The summed E-state index contributed by atoms with van der Waals surface area (Å²) in [6.07, 6.45) is 4.71. The second-order valence-electron chi connectivity index (χ2n) is 3.69. The average Bonchev–Trinajstić information content (AvgIpc) is 2.36. The van der Waals surface area contributed by atoms with E-state index in [-0.39, 0.29) is 5.97 Å². The summed E-state index contributed by atoms with van der Waals surface area (Å²) in [6.45, 7) is 2.15. The van der Waals surface area contributed by atoms with Gasteiger partial charge in [-0.15, -0.1) is 0 Å². The molecule has 1 aromatic carbocycles. The number of aromatic nitrogens is 1. The third kappa shape index (κ3) is 3.08. The van der Waals surface area contributed by atoms with Gasteiger partial charge >= 0.3 is 5.97 Å². The van der Waals surface area contributed by atoms with Gasteiger partial charge in [0.05, 0.1) is 17.1 Å². The standard InChI is InChI=1S/C14H12ClNO2/c1-2-18-14(17)6-4-10-3-5-11-8-12(15)9-16-13(11)7-10/h3-9H,2H2,1H3/b6-4+. The molecule has 0 spiro atoms. The third-order valence-electron chi connectivity index (χ3n) is 2.37. The van der Waals surface area contributed by atoms with E-state index in [2.05, 4.69) is 4.98 Å². The van der Waals surface area contributed by atoms with Crippen molar-refractivity contribution in [1.82, 2.24) is 4.98 Å². The van der Waals surface area contributed by atoms with Gasteiger partial charge in [-0.2, -0.15) is 0 Å². The van der Waals surface area contributed by atoms with Crippen molar-refractivity contribution in [3.05, 3.63) is 47.1 Å². The molecule has 2 aromatic rings. The molecule has 0 atom stereocenters. The van der Waals surface area contributed by atoms with Gasteiger partial charge in [0, 0.05) is 17.7 Å². The summed E-state index contributed by atoms with van der Waals surface area (Å²) >= 11 is 5.86. The van der Waals surface area contributed by atoms with Gasteiger partial charge in [0.1, 0.15) is 0 Å². The van der Waals surface area contributed by atoms with Gasteiger partial charge in [-0.1, -0.05) is 23.7 Å². The molecule has 0 aliphatic heterocycles. The number of carbonyl (C=O) groups is 1.